The first-order valence-corrected chi connectivity index (χ1v) is 5.86. The largest absolute Gasteiger partial charge is 0.497 e. The van der Waals surface area contributed by atoms with Gasteiger partial charge in [-0.05, 0) is 36.6 Å². The number of carboxylic acids is 1. The van der Waals surface area contributed by atoms with Crippen molar-refractivity contribution in [2.75, 3.05) is 7.11 Å². The number of ether oxygens (including phenoxy) is 1. The Morgan fingerprint density at radius 3 is 2.84 bits per heavy atom. The first kappa shape index (κ1) is 13.0. The van der Waals surface area contributed by atoms with Crippen LogP contribution < -0.4 is 4.74 Å². The Kier molecular flexibility index (Phi) is 4.07. The number of carbonyl (C=O) groups is 1. The highest BCUT2D eigenvalue weighted by atomic mass is 16.5. The van der Waals surface area contributed by atoms with E-state index in [0.717, 1.165) is 23.4 Å². The molecule has 0 saturated heterocycles. The van der Waals surface area contributed by atoms with Crippen LogP contribution >= 0.6 is 0 Å². The summed E-state index contributed by atoms with van der Waals surface area (Å²) in [5.41, 5.74) is 1.86. The Labute approximate surface area is 110 Å². The van der Waals surface area contributed by atoms with Crippen LogP contribution in [0.1, 0.15) is 21.7 Å². The van der Waals surface area contributed by atoms with Gasteiger partial charge < -0.3 is 9.84 Å². The number of aromatic carboxylic acids is 1. The summed E-state index contributed by atoms with van der Waals surface area (Å²) >= 11 is 0. The number of aromatic nitrogens is 2. The molecule has 98 valence electrons. The Morgan fingerprint density at radius 2 is 2.11 bits per heavy atom. The molecule has 0 aliphatic heterocycles. The summed E-state index contributed by atoms with van der Waals surface area (Å²) in [6, 6.07) is 9.27. The third-order valence-electron chi connectivity index (χ3n) is 2.75. The number of hydrogen-bond donors (Lipinski definition) is 1. The van der Waals surface area contributed by atoms with E-state index in [-0.39, 0.29) is 5.69 Å². The molecule has 0 fully saturated rings. The van der Waals surface area contributed by atoms with Crippen molar-refractivity contribution in [3.63, 3.8) is 0 Å². The number of methoxy groups -OCH3 is 1. The standard InChI is InChI=1S/C14H14N2O3/c1-19-12-4-2-3-10(7-12)5-6-11-8-13(14(17)18)16-9-15-11/h2-4,7-9H,5-6H2,1H3,(H,17,18). The van der Waals surface area contributed by atoms with Crippen LogP contribution in [0.2, 0.25) is 0 Å². The number of aryl methyl sites for hydroxylation is 2. The van der Waals surface area contributed by atoms with Gasteiger partial charge in [0.2, 0.25) is 0 Å². The van der Waals surface area contributed by atoms with Crippen molar-refractivity contribution in [2.45, 2.75) is 12.8 Å². The van der Waals surface area contributed by atoms with Gasteiger partial charge in [-0.1, -0.05) is 12.1 Å². The SMILES string of the molecule is COc1cccc(CCc2cc(C(=O)O)ncn2)c1. The second-order valence-electron chi connectivity index (χ2n) is 4.05. The van der Waals surface area contributed by atoms with E-state index in [1.54, 1.807) is 7.11 Å². The molecule has 0 aliphatic carbocycles. The van der Waals surface area contributed by atoms with E-state index in [1.807, 2.05) is 24.3 Å². The van der Waals surface area contributed by atoms with Gasteiger partial charge in [0, 0.05) is 5.69 Å². The van der Waals surface area contributed by atoms with Crippen molar-refractivity contribution >= 4 is 5.97 Å². The van der Waals surface area contributed by atoms with E-state index in [4.69, 9.17) is 9.84 Å². The van der Waals surface area contributed by atoms with Gasteiger partial charge >= 0.3 is 5.97 Å². The van der Waals surface area contributed by atoms with Gasteiger partial charge in [-0.3, -0.25) is 0 Å². The Bertz CT molecular complexity index is 584. The van der Waals surface area contributed by atoms with Crippen molar-refractivity contribution in [2.24, 2.45) is 0 Å². The summed E-state index contributed by atoms with van der Waals surface area (Å²) in [6.07, 6.45) is 2.72. The fraction of sp³-hybridized carbons (Fsp3) is 0.214. The van der Waals surface area contributed by atoms with E-state index in [0.29, 0.717) is 6.42 Å². The molecule has 0 saturated carbocycles. The van der Waals surface area contributed by atoms with E-state index >= 15 is 0 Å². The number of nitrogens with zero attached hydrogens (tertiary/aromatic N) is 2. The first-order chi connectivity index (χ1) is 9.19. The molecule has 0 bridgehead atoms. The Balaban J connectivity index is 2.05. The number of carboxylic acid groups (broad SMARTS) is 1. The lowest BCUT2D eigenvalue weighted by Gasteiger charge is -2.04. The number of hydrogen-bond acceptors (Lipinski definition) is 4. The van der Waals surface area contributed by atoms with E-state index in [9.17, 15) is 4.79 Å². The predicted octanol–water partition coefficient (Wildman–Crippen LogP) is 1.97. The predicted molar refractivity (Wildman–Crippen MR) is 69.4 cm³/mol. The summed E-state index contributed by atoms with van der Waals surface area (Å²) in [5, 5.41) is 8.86. The molecule has 1 aromatic heterocycles. The Hall–Kier alpha value is -2.43. The fourth-order valence-corrected chi connectivity index (χ4v) is 1.75. The van der Waals surface area contributed by atoms with Gasteiger partial charge in [0.05, 0.1) is 7.11 Å². The van der Waals surface area contributed by atoms with Crippen LogP contribution in [0.4, 0.5) is 0 Å². The molecular weight excluding hydrogens is 244 g/mol. The molecule has 0 aliphatic rings. The third-order valence-corrected chi connectivity index (χ3v) is 2.75. The van der Waals surface area contributed by atoms with Crippen LogP contribution in [-0.2, 0) is 12.8 Å². The van der Waals surface area contributed by atoms with Crippen molar-refractivity contribution in [1.82, 2.24) is 9.97 Å². The maximum Gasteiger partial charge on any atom is 0.354 e. The molecule has 19 heavy (non-hydrogen) atoms. The summed E-state index contributed by atoms with van der Waals surface area (Å²) in [5.74, 6) is -0.226. The highest BCUT2D eigenvalue weighted by Gasteiger charge is 2.06. The highest BCUT2D eigenvalue weighted by Crippen LogP contribution is 2.14. The normalized spacial score (nSPS) is 10.2. The Morgan fingerprint density at radius 1 is 1.26 bits per heavy atom. The quantitative estimate of drug-likeness (QED) is 0.887. The van der Waals surface area contributed by atoms with Crippen molar-refractivity contribution in [3.8, 4) is 5.75 Å². The zero-order valence-corrected chi connectivity index (χ0v) is 10.5. The first-order valence-electron chi connectivity index (χ1n) is 5.86. The molecule has 0 unspecified atom stereocenters. The highest BCUT2D eigenvalue weighted by molar-refractivity contribution is 5.85. The van der Waals surface area contributed by atoms with E-state index < -0.39 is 5.97 Å². The molecule has 0 radical (unpaired) electrons. The molecule has 2 aromatic rings. The second-order valence-corrected chi connectivity index (χ2v) is 4.05. The minimum atomic E-state index is -1.04. The molecule has 0 atom stereocenters. The van der Waals surface area contributed by atoms with Crippen LogP contribution in [0, 0.1) is 0 Å². The van der Waals surface area contributed by atoms with Crippen LogP contribution in [0.3, 0.4) is 0 Å². The molecule has 5 heteroatoms. The molecular formula is C14H14N2O3. The maximum absolute atomic E-state index is 10.8. The minimum Gasteiger partial charge on any atom is -0.497 e. The van der Waals surface area contributed by atoms with Crippen LogP contribution in [0.5, 0.6) is 5.75 Å². The van der Waals surface area contributed by atoms with E-state index in [2.05, 4.69) is 9.97 Å². The summed E-state index contributed by atoms with van der Waals surface area (Å²) in [7, 11) is 1.63. The average molecular weight is 258 g/mol. The molecule has 0 spiro atoms. The molecule has 0 amide bonds. The molecule has 2 rings (SSSR count). The lowest BCUT2D eigenvalue weighted by atomic mass is 10.1. The van der Waals surface area contributed by atoms with Gasteiger partial charge in [-0.15, -0.1) is 0 Å². The fourth-order valence-electron chi connectivity index (χ4n) is 1.75. The van der Waals surface area contributed by atoms with Gasteiger partial charge in [0.15, 0.2) is 5.69 Å². The molecule has 5 nitrogen and oxygen atoms in total. The summed E-state index contributed by atoms with van der Waals surface area (Å²) in [4.78, 5) is 18.6. The monoisotopic (exact) mass is 258 g/mol. The summed E-state index contributed by atoms with van der Waals surface area (Å²) in [6.45, 7) is 0. The lowest BCUT2D eigenvalue weighted by Crippen LogP contribution is -2.03. The van der Waals surface area contributed by atoms with Crippen molar-refractivity contribution in [3.05, 3.63) is 53.6 Å². The van der Waals surface area contributed by atoms with Crippen LogP contribution in [0.25, 0.3) is 0 Å². The zero-order valence-electron chi connectivity index (χ0n) is 10.5. The maximum atomic E-state index is 10.8. The minimum absolute atomic E-state index is 0.0237. The van der Waals surface area contributed by atoms with Crippen molar-refractivity contribution < 1.29 is 14.6 Å². The zero-order chi connectivity index (χ0) is 13.7. The second kappa shape index (κ2) is 5.95. The average Bonchev–Trinajstić information content (AvgIpc) is 2.45. The number of rotatable bonds is 5. The van der Waals surface area contributed by atoms with Crippen LogP contribution in [-0.4, -0.2) is 28.2 Å². The topological polar surface area (TPSA) is 72.3 Å². The van der Waals surface area contributed by atoms with Gasteiger partial charge in [-0.25, -0.2) is 14.8 Å². The van der Waals surface area contributed by atoms with Crippen LogP contribution in [0.15, 0.2) is 36.7 Å². The smallest absolute Gasteiger partial charge is 0.354 e. The molecule has 1 N–H and O–H groups in total. The third kappa shape index (κ3) is 3.51. The molecule has 1 heterocycles. The van der Waals surface area contributed by atoms with Gasteiger partial charge in [0.1, 0.15) is 12.1 Å². The number of benzene rings is 1. The van der Waals surface area contributed by atoms with Gasteiger partial charge in [0.25, 0.3) is 0 Å². The van der Waals surface area contributed by atoms with Gasteiger partial charge in [-0.2, -0.15) is 0 Å². The van der Waals surface area contributed by atoms with E-state index in [1.165, 1.54) is 12.4 Å². The summed E-state index contributed by atoms with van der Waals surface area (Å²) < 4.78 is 5.15. The molecule has 1 aromatic carbocycles. The van der Waals surface area contributed by atoms with Crippen molar-refractivity contribution in [1.29, 1.82) is 0 Å². The lowest BCUT2D eigenvalue weighted by molar-refractivity contribution is 0.0690.